The van der Waals surface area contributed by atoms with E-state index < -0.39 is 0 Å². The summed E-state index contributed by atoms with van der Waals surface area (Å²) in [6.45, 7) is 10.7. The fourth-order valence-electron chi connectivity index (χ4n) is 2.33. The molecule has 0 aromatic carbocycles. The second-order valence-electron chi connectivity index (χ2n) is 4.57. The minimum absolute atomic E-state index is 0.759. The van der Waals surface area contributed by atoms with Crippen LogP contribution in [0.5, 0.6) is 0 Å². The lowest BCUT2D eigenvalue weighted by Crippen LogP contribution is -2.15. The zero-order valence-electron chi connectivity index (χ0n) is 9.72. The molecule has 1 aliphatic carbocycles. The number of hydrogen-bond acceptors (Lipinski definition) is 0. The van der Waals surface area contributed by atoms with Crippen molar-refractivity contribution in [1.29, 1.82) is 0 Å². The van der Waals surface area contributed by atoms with Crippen molar-refractivity contribution in [3.05, 3.63) is 36.0 Å². The summed E-state index contributed by atoms with van der Waals surface area (Å²) in [4.78, 5) is 0. The van der Waals surface area contributed by atoms with Gasteiger partial charge in [0.1, 0.15) is 0 Å². The summed E-state index contributed by atoms with van der Waals surface area (Å²) < 4.78 is 0. The smallest absolute Gasteiger partial charge is 0.0139 e. The molecular formula is C14H22. The lowest BCUT2D eigenvalue weighted by atomic mass is 9.77. The van der Waals surface area contributed by atoms with Crippen molar-refractivity contribution >= 4 is 0 Å². The molecule has 0 aromatic rings. The Bertz CT molecular complexity index is 253. The number of allylic oxidation sites excluding steroid dienone is 5. The van der Waals surface area contributed by atoms with Gasteiger partial charge in [0.2, 0.25) is 0 Å². The van der Waals surface area contributed by atoms with Crippen LogP contribution in [-0.2, 0) is 0 Å². The second-order valence-corrected chi connectivity index (χ2v) is 4.57. The molecule has 0 heteroatoms. The topological polar surface area (TPSA) is 0 Å². The average molecular weight is 190 g/mol. The molecule has 0 saturated carbocycles. The van der Waals surface area contributed by atoms with E-state index in [9.17, 15) is 0 Å². The van der Waals surface area contributed by atoms with Crippen molar-refractivity contribution in [2.24, 2.45) is 11.8 Å². The number of rotatable bonds is 3. The van der Waals surface area contributed by atoms with Crippen molar-refractivity contribution in [2.45, 2.75) is 40.0 Å². The van der Waals surface area contributed by atoms with E-state index >= 15 is 0 Å². The van der Waals surface area contributed by atoms with Crippen LogP contribution >= 0.6 is 0 Å². The van der Waals surface area contributed by atoms with Crippen LogP contribution < -0.4 is 0 Å². The molecule has 0 nitrogen and oxygen atoms in total. The first-order chi connectivity index (χ1) is 6.66. The summed E-state index contributed by atoms with van der Waals surface area (Å²) >= 11 is 0. The Morgan fingerprint density at radius 2 is 2.14 bits per heavy atom. The fourth-order valence-corrected chi connectivity index (χ4v) is 2.33. The third-order valence-electron chi connectivity index (χ3n) is 3.18. The van der Waals surface area contributed by atoms with E-state index in [1.807, 2.05) is 6.08 Å². The van der Waals surface area contributed by atoms with Gasteiger partial charge in [0.15, 0.2) is 0 Å². The predicted molar refractivity (Wildman–Crippen MR) is 64.2 cm³/mol. The van der Waals surface area contributed by atoms with E-state index in [0.717, 1.165) is 11.8 Å². The van der Waals surface area contributed by atoms with Gasteiger partial charge in [0, 0.05) is 0 Å². The first-order valence-electron chi connectivity index (χ1n) is 5.65. The maximum Gasteiger partial charge on any atom is -0.0139 e. The van der Waals surface area contributed by atoms with Crippen molar-refractivity contribution in [2.75, 3.05) is 0 Å². The second kappa shape index (κ2) is 5.19. The summed E-state index contributed by atoms with van der Waals surface area (Å²) in [7, 11) is 0. The Balaban J connectivity index is 2.90. The van der Waals surface area contributed by atoms with Gasteiger partial charge in [0.05, 0.1) is 0 Å². The molecule has 0 heterocycles. The summed E-state index contributed by atoms with van der Waals surface area (Å²) in [5.41, 5.74) is 3.14. The van der Waals surface area contributed by atoms with Gasteiger partial charge in [-0.1, -0.05) is 44.2 Å². The molecule has 0 N–H and O–H groups in total. The van der Waals surface area contributed by atoms with E-state index in [1.165, 1.54) is 19.3 Å². The van der Waals surface area contributed by atoms with Crippen molar-refractivity contribution in [3.63, 3.8) is 0 Å². The SMILES string of the molecule is C=C/C=C\C1=C(C)CCCC1C(C)C. The third kappa shape index (κ3) is 2.60. The molecule has 0 fully saturated rings. The van der Waals surface area contributed by atoms with E-state index in [4.69, 9.17) is 0 Å². The summed E-state index contributed by atoms with van der Waals surface area (Å²) in [6, 6.07) is 0. The molecule has 0 radical (unpaired) electrons. The van der Waals surface area contributed by atoms with Crippen LogP contribution in [0.3, 0.4) is 0 Å². The Morgan fingerprint density at radius 3 is 2.71 bits per heavy atom. The van der Waals surface area contributed by atoms with Crippen LogP contribution in [0.15, 0.2) is 36.0 Å². The van der Waals surface area contributed by atoms with Gasteiger partial charge in [-0.15, -0.1) is 0 Å². The zero-order valence-corrected chi connectivity index (χ0v) is 9.72. The van der Waals surface area contributed by atoms with Crippen LogP contribution in [0.25, 0.3) is 0 Å². The molecule has 14 heavy (non-hydrogen) atoms. The normalized spacial score (nSPS) is 23.6. The molecular weight excluding hydrogens is 168 g/mol. The maximum atomic E-state index is 3.73. The van der Waals surface area contributed by atoms with Crippen LogP contribution in [0.2, 0.25) is 0 Å². The minimum Gasteiger partial charge on any atom is -0.0991 e. The monoisotopic (exact) mass is 190 g/mol. The highest BCUT2D eigenvalue weighted by Gasteiger charge is 2.21. The molecule has 0 aliphatic heterocycles. The summed E-state index contributed by atoms with van der Waals surface area (Å²) in [5, 5.41) is 0. The maximum absolute atomic E-state index is 3.73. The molecule has 1 rings (SSSR count). The highest BCUT2D eigenvalue weighted by atomic mass is 14.3. The van der Waals surface area contributed by atoms with Gasteiger partial charge in [-0.05, 0) is 43.6 Å². The quantitative estimate of drug-likeness (QED) is 0.575. The van der Waals surface area contributed by atoms with Crippen molar-refractivity contribution in [3.8, 4) is 0 Å². The van der Waals surface area contributed by atoms with Crippen LogP contribution in [0, 0.1) is 11.8 Å². The molecule has 0 saturated heterocycles. The van der Waals surface area contributed by atoms with Crippen molar-refractivity contribution < 1.29 is 0 Å². The van der Waals surface area contributed by atoms with Gasteiger partial charge >= 0.3 is 0 Å². The Hall–Kier alpha value is -0.780. The standard InChI is InChI=1S/C14H22/c1-5-6-9-14-12(4)8-7-10-13(14)11(2)3/h5-6,9,11,13H,1,7-8,10H2,2-4H3/b9-6-. The van der Waals surface area contributed by atoms with Crippen molar-refractivity contribution in [1.82, 2.24) is 0 Å². The van der Waals surface area contributed by atoms with E-state index in [1.54, 1.807) is 11.1 Å². The largest absolute Gasteiger partial charge is 0.0991 e. The molecule has 1 unspecified atom stereocenters. The van der Waals surface area contributed by atoms with Gasteiger partial charge in [-0.3, -0.25) is 0 Å². The Labute approximate surface area is 88.4 Å². The lowest BCUT2D eigenvalue weighted by molar-refractivity contribution is 0.390. The Kier molecular flexibility index (Phi) is 4.19. The van der Waals surface area contributed by atoms with E-state index in [-0.39, 0.29) is 0 Å². The van der Waals surface area contributed by atoms with Gasteiger partial charge < -0.3 is 0 Å². The molecule has 0 bridgehead atoms. The Morgan fingerprint density at radius 1 is 1.43 bits per heavy atom. The molecule has 0 aromatic heterocycles. The zero-order chi connectivity index (χ0) is 10.6. The van der Waals surface area contributed by atoms with Gasteiger partial charge in [-0.25, -0.2) is 0 Å². The van der Waals surface area contributed by atoms with Crippen LogP contribution in [0.4, 0.5) is 0 Å². The lowest BCUT2D eigenvalue weighted by Gasteiger charge is -2.28. The molecule has 0 spiro atoms. The minimum atomic E-state index is 0.759. The van der Waals surface area contributed by atoms with E-state index in [0.29, 0.717) is 0 Å². The average Bonchev–Trinajstić information content (AvgIpc) is 2.15. The predicted octanol–water partition coefficient (Wildman–Crippen LogP) is 4.50. The van der Waals surface area contributed by atoms with Crippen LogP contribution in [-0.4, -0.2) is 0 Å². The van der Waals surface area contributed by atoms with E-state index in [2.05, 4.69) is 39.5 Å². The number of hydrogen-bond donors (Lipinski definition) is 0. The highest BCUT2D eigenvalue weighted by Crippen LogP contribution is 2.35. The highest BCUT2D eigenvalue weighted by molar-refractivity contribution is 5.31. The fraction of sp³-hybridized carbons (Fsp3) is 0.571. The van der Waals surface area contributed by atoms with Gasteiger partial charge in [0.25, 0.3) is 0 Å². The first kappa shape index (κ1) is 11.3. The molecule has 0 amide bonds. The summed E-state index contributed by atoms with van der Waals surface area (Å²) in [5.74, 6) is 1.52. The third-order valence-corrected chi connectivity index (χ3v) is 3.18. The van der Waals surface area contributed by atoms with Crippen LogP contribution in [0.1, 0.15) is 40.0 Å². The summed E-state index contributed by atoms with van der Waals surface area (Å²) in [6.07, 6.45) is 10.2. The first-order valence-corrected chi connectivity index (χ1v) is 5.65. The molecule has 1 atom stereocenters. The van der Waals surface area contributed by atoms with Gasteiger partial charge in [-0.2, -0.15) is 0 Å². The molecule has 1 aliphatic rings. The molecule has 78 valence electrons.